The average Bonchev–Trinajstić information content (AvgIpc) is 3.06. The Morgan fingerprint density at radius 3 is 2.30 bits per heavy atom. The molecule has 0 amide bonds. The van der Waals surface area contributed by atoms with Crippen molar-refractivity contribution < 1.29 is 27.5 Å². The monoisotopic (exact) mass is 490 g/mol. The summed E-state index contributed by atoms with van der Waals surface area (Å²) in [6.45, 7) is 5.59. The summed E-state index contributed by atoms with van der Waals surface area (Å²) in [5, 5.41) is 5.07. The molecule has 0 aliphatic carbocycles. The summed E-state index contributed by atoms with van der Waals surface area (Å²) in [7, 11) is -4.03. The van der Waals surface area contributed by atoms with Crippen LogP contribution in [0.25, 0.3) is 5.69 Å². The Morgan fingerprint density at radius 2 is 1.70 bits per heavy atom. The molecule has 0 spiro atoms. The number of esters is 1. The fraction of sp³-hybridized carbons (Fsp3) is 0.217. The molecule has 2 aromatic carbocycles. The molecule has 2 N–H and O–H groups in total. The zero-order valence-electron chi connectivity index (χ0n) is 18.3. The molecule has 33 heavy (non-hydrogen) atoms. The number of benzene rings is 2. The van der Waals surface area contributed by atoms with Crippen molar-refractivity contribution in [2.24, 2.45) is 5.14 Å². The van der Waals surface area contributed by atoms with Crippen molar-refractivity contribution >= 4 is 33.4 Å². The van der Waals surface area contributed by atoms with Gasteiger partial charge in [0.05, 0.1) is 22.1 Å². The van der Waals surface area contributed by atoms with Gasteiger partial charge in [0.15, 0.2) is 6.61 Å². The Bertz CT molecular complexity index is 1310. The van der Waals surface area contributed by atoms with Crippen molar-refractivity contribution in [1.29, 1.82) is 0 Å². The SMILES string of the molecule is CCOc1ccc(-n2c(C)cc(C(=O)COC(=O)c3cc(S(N)(=O)=O)ccc3Cl)c2C)cc1. The molecule has 0 fully saturated rings. The summed E-state index contributed by atoms with van der Waals surface area (Å²) in [5.41, 5.74) is 2.58. The second kappa shape index (κ2) is 9.78. The van der Waals surface area contributed by atoms with Gasteiger partial charge >= 0.3 is 5.97 Å². The highest BCUT2D eigenvalue weighted by Gasteiger charge is 2.21. The number of aryl methyl sites for hydroxylation is 1. The first-order chi connectivity index (χ1) is 15.5. The van der Waals surface area contributed by atoms with Gasteiger partial charge in [-0.05, 0) is 69.3 Å². The molecule has 0 atom stereocenters. The first kappa shape index (κ1) is 24.5. The van der Waals surface area contributed by atoms with E-state index in [0.717, 1.165) is 23.2 Å². The number of nitrogens with zero attached hydrogens (tertiary/aromatic N) is 1. The fourth-order valence-corrected chi connectivity index (χ4v) is 4.16. The standard InChI is InChI=1S/C23H23ClN2O6S/c1-4-31-17-7-5-16(6-8-17)26-14(2)11-19(15(26)3)22(27)13-32-23(28)20-12-18(33(25,29)30)9-10-21(20)24/h5-12H,4,13H2,1-3H3,(H2,25,29,30). The van der Waals surface area contributed by atoms with E-state index in [4.69, 9.17) is 26.2 Å². The number of hydrogen-bond donors (Lipinski definition) is 1. The lowest BCUT2D eigenvalue weighted by Gasteiger charge is -2.11. The third kappa shape index (κ3) is 5.44. The van der Waals surface area contributed by atoms with Gasteiger partial charge in [0.1, 0.15) is 5.75 Å². The smallest absolute Gasteiger partial charge is 0.340 e. The van der Waals surface area contributed by atoms with E-state index in [2.05, 4.69) is 0 Å². The van der Waals surface area contributed by atoms with Crippen molar-refractivity contribution in [2.45, 2.75) is 25.7 Å². The maximum Gasteiger partial charge on any atom is 0.340 e. The van der Waals surface area contributed by atoms with Gasteiger partial charge in [0, 0.05) is 22.6 Å². The van der Waals surface area contributed by atoms with Crippen molar-refractivity contribution in [3.8, 4) is 11.4 Å². The molecule has 0 bridgehead atoms. The molecular formula is C23H23ClN2O6S. The van der Waals surface area contributed by atoms with Crippen LogP contribution in [0, 0.1) is 13.8 Å². The summed E-state index contributed by atoms with van der Waals surface area (Å²) in [6, 6.07) is 12.6. The van der Waals surface area contributed by atoms with Gasteiger partial charge in [-0.2, -0.15) is 0 Å². The van der Waals surface area contributed by atoms with Gasteiger partial charge in [0.2, 0.25) is 15.8 Å². The average molecular weight is 491 g/mol. The van der Waals surface area contributed by atoms with Crippen LogP contribution < -0.4 is 9.88 Å². The first-order valence-corrected chi connectivity index (χ1v) is 11.9. The number of ketones is 1. The van der Waals surface area contributed by atoms with Crippen LogP contribution in [0.1, 0.15) is 39.0 Å². The van der Waals surface area contributed by atoms with Crippen LogP contribution in [-0.2, 0) is 14.8 Å². The maximum atomic E-state index is 12.8. The summed E-state index contributed by atoms with van der Waals surface area (Å²) in [6.07, 6.45) is 0. The van der Waals surface area contributed by atoms with Crippen molar-refractivity contribution in [3.05, 3.63) is 76.1 Å². The Hall–Kier alpha value is -3.14. The van der Waals surface area contributed by atoms with Crippen LogP contribution in [0.2, 0.25) is 5.02 Å². The predicted molar refractivity (Wildman–Crippen MR) is 124 cm³/mol. The molecule has 0 aliphatic heterocycles. The number of aromatic nitrogens is 1. The number of carbonyl (C=O) groups excluding carboxylic acids is 2. The van der Waals surface area contributed by atoms with Gasteiger partial charge in [0.25, 0.3) is 0 Å². The number of sulfonamides is 1. The van der Waals surface area contributed by atoms with Crippen molar-refractivity contribution in [3.63, 3.8) is 0 Å². The summed E-state index contributed by atoms with van der Waals surface area (Å²) >= 11 is 5.99. The molecule has 0 aliphatic rings. The minimum atomic E-state index is -4.03. The summed E-state index contributed by atoms with van der Waals surface area (Å²) in [5.74, 6) is -0.594. The molecule has 1 heterocycles. The largest absolute Gasteiger partial charge is 0.494 e. The minimum absolute atomic E-state index is 0.0199. The normalized spacial score (nSPS) is 11.3. The minimum Gasteiger partial charge on any atom is -0.494 e. The van der Waals surface area contributed by atoms with E-state index < -0.39 is 28.4 Å². The molecule has 0 radical (unpaired) electrons. The van der Waals surface area contributed by atoms with Crippen LogP contribution in [0.5, 0.6) is 5.75 Å². The van der Waals surface area contributed by atoms with Crippen LogP contribution in [0.4, 0.5) is 0 Å². The Labute approximate surface area is 196 Å². The molecular weight excluding hydrogens is 468 g/mol. The van der Waals surface area contributed by atoms with Gasteiger partial charge in [-0.25, -0.2) is 18.4 Å². The first-order valence-electron chi connectivity index (χ1n) is 9.97. The summed E-state index contributed by atoms with van der Waals surface area (Å²) in [4.78, 5) is 24.9. The third-order valence-electron chi connectivity index (χ3n) is 4.96. The Kier molecular flexibility index (Phi) is 7.26. The van der Waals surface area contributed by atoms with E-state index in [9.17, 15) is 18.0 Å². The highest BCUT2D eigenvalue weighted by molar-refractivity contribution is 7.89. The van der Waals surface area contributed by atoms with Gasteiger partial charge < -0.3 is 14.0 Å². The van der Waals surface area contributed by atoms with Gasteiger partial charge in [-0.1, -0.05) is 11.6 Å². The lowest BCUT2D eigenvalue weighted by molar-refractivity contribution is 0.0474. The van der Waals surface area contributed by atoms with E-state index in [0.29, 0.717) is 17.9 Å². The van der Waals surface area contributed by atoms with Crippen molar-refractivity contribution in [1.82, 2.24) is 4.57 Å². The topological polar surface area (TPSA) is 118 Å². The van der Waals surface area contributed by atoms with E-state index in [1.807, 2.05) is 42.7 Å². The van der Waals surface area contributed by atoms with E-state index >= 15 is 0 Å². The number of hydrogen-bond acceptors (Lipinski definition) is 6. The Balaban J connectivity index is 1.78. The second-order valence-corrected chi connectivity index (χ2v) is 9.20. The highest BCUT2D eigenvalue weighted by atomic mass is 35.5. The fourth-order valence-electron chi connectivity index (χ4n) is 3.42. The van der Waals surface area contributed by atoms with Crippen LogP contribution in [-0.4, -0.2) is 38.0 Å². The molecule has 0 saturated heterocycles. The Morgan fingerprint density at radius 1 is 1.03 bits per heavy atom. The van der Waals surface area contributed by atoms with Crippen molar-refractivity contribution in [2.75, 3.05) is 13.2 Å². The van der Waals surface area contributed by atoms with E-state index in [1.165, 1.54) is 12.1 Å². The molecule has 1 aromatic heterocycles. The lowest BCUT2D eigenvalue weighted by Crippen LogP contribution is -2.17. The number of ether oxygens (including phenoxy) is 2. The number of halogens is 1. The lowest BCUT2D eigenvalue weighted by atomic mass is 10.1. The number of Topliss-reactive ketones (excluding diaryl/α,β-unsaturated/α-hetero) is 1. The van der Waals surface area contributed by atoms with Crippen LogP contribution in [0.3, 0.4) is 0 Å². The van der Waals surface area contributed by atoms with Crippen LogP contribution in [0.15, 0.2) is 53.4 Å². The summed E-state index contributed by atoms with van der Waals surface area (Å²) < 4.78 is 35.5. The van der Waals surface area contributed by atoms with Gasteiger partial charge in [-0.3, -0.25) is 4.79 Å². The van der Waals surface area contributed by atoms with Crippen LogP contribution >= 0.6 is 11.6 Å². The molecule has 0 unspecified atom stereocenters. The highest BCUT2D eigenvalue weighted by Crippen LogP contribution is 2.24. The molecule has 10 heteroatoms. The number of rotatable bonds is 8. The molecule has 3 rings (SSSR count). The van der Waals surface area contributed by atoms with Gasteiger partial charge in [-0.15, -0.1) is 0 Å². The molecule has 3 aromatic rings. The number of nitrogens with two attached hydrogens (primary N) is 1. The molecule has 0 saturated carbocycles. The zero-order chi connectivity index (χ0) is 24.3. The zero-order valence-corrected chi connectivity index (χ0v) is 19.9. The third-order valence-corrected chi connectivity index (χ3v) is 6.20. The second-order valence-electron chi connectivity index (χ2n) is 7.23. The number of primary sulfonamides is 1. The maximum absolute atomic E-state index is 12.8. The van der Waals surface area contributed by atoms with E-state index in [-0.39, 0.29) is 15.5 Å². The molecule has 174 valence electrons. The number of carbonyl (C=O) groups is 2. The van der Waals surface area contributed by atoms with E-state index in [1.54, 1.807) is 13.0 Å². The quantitative estimate of drug-likeness (QED) is 0.378. The predicted octanol–water partition coefficient (Wildman–Crippen LogP) is 3.83. The molecule has 8 nitrogen and oxygen atoms in total.